The highest BCUT2D eigenvalue weighted by atomic mass is 15.0. The molecule has 4 heteroatoms. The van der Waals surface area contributed by atoms with Crippen molar-refractivity contribution in [3.8, 4) is 39.9 Å². The molecule has 2 heterocycles. The van der Waals surface area contributed by atoms with Crippen molar-refractivity contribution in [3.63, 3.8) is 0 Å². The Morgan fingerprint density at radius 2 is 1.04 bits per heavy atom. The van der Waals surface area contributed by atoms with Gasteiger partial charge in [-0.2, -0.15) is 0 Å². The van der Waals surface area contributed by atoms with E-state index in [9.17, 15) is 0 Å². The molecule has 0 saturated carbocycles. The summed E-state index contributed by atoms with van der Waals surface area (Å²) in [6, 6.07) is 51.6. The van der Waals surface area contributed by atoms with Gasteiger partial charge in [0.05, 0.1) is 16.7 Å². The maximum absolute atomic E-state index is 5.15. The molecule has 0 spiro atoms. The Kier molecular flexibility index (Phi) is 6.50. The monoisotopic (exact) mass is 640 g/mol. The maximum atomic E-state index is 5.15. The van der Waals surface area contributed by atoms with Gasteiger partial charge in [-0.3, -0.25) is 0 Å². The van der Waals surface area contributed by atoms with E-state index < -0.39 is 0 Å². The van der Waals surface area contributed by atoms with E-state index in [1.807, 2.05) is 36.4 Å². The van der Waals surface area contributed by atoms with E-state index in [0.29, 0.717) is 17.5 Å². The highest BCUT2D eigenvalue weighted by Crippen LogP contribution is 2.45. The number of rotatable bonds is 4. The van der Waals surface area contributed by atoms with Crippen molar-refractivity contribution in [2.75, 3.05) is 0 Å². The molecular weight excluding hydrogens is 609 g/mol. The summed E-state index contributed by atoms with van der Waals surface area (Å²) in [7, 11) is 0. The van der Waals surface area contributed by atoms with Gasteiger partial charge in [0.2, 0.25) is 0 Å². The molecule has 0 saturated heterocycles. The van der Waals surface area contributed by atoms with E-state index >= 15 is 0 Å². The fraction of sp³-hybridized carbons (Fsp3) is 0.0652. The van der Waals surface area contributed by atoms with E-state index in [0.717, 1.165) is 28.8 Å². The van der Waals surface area contributed by atoms with Crippen molar-refractivity contribution >= 4 is 49.4 Å². The molecule has 0 bridgehead atoms. The lowest BCUT2D eigenvalue weighted by Crippen LogP contribution is -2.10. The molecule has 1 atom stereocenters. The Morgan fingerprint density at radius 3 is 1.62 bits per heavy atom. The van der Waals surface area contributed by atoms with Crippen molar-refractivity contribution in [1.82, 2.24) is 19.5 Å². The molecule has 50 heavy (non-hydrogen) atoms. The third kappa shape index (κ3) is 4.42. The van der Waals surface area contributed by atoms with Crippen molar-refractivity contribution in [2.24, 2.45) is 0 Å². The molecule has 0 N–H and O–H groups in total. The molecule has 4 nitrogen and oxygen atoms in total. The number of benzene rings is 7. The molecule has 236 valence electrons. The van der Waals surface area contributed by atoms with Gasteiger partial charge in [-0.25, -0.2) is 15.0 Å². The van der Waals surface area contributed by atoms with Gasteiger partial charge in [-0.05, 0) is 63.7 Å². The van der Waals surface area contributed by atoms with Crippen molar-refractivity contribution in [1.29, 1.82) is 0 Å². The van der Waals surface area contributed by atoms with Crippen LogP contribution in [0.25, 0.3) is 89.3 Å². The summed E-state index contributed by atoms with van der Waals surface area (Å²) in [5.74, 6) is 2.32. The smallest absolute Gasteiger partial charge is 0.164 e. The quantitative estimate of drug-likeness (QED) is 0.192. The Bertz CT molecular complexity index is 2640. The summed E-state index contributed by atoms with van der Waals surface area (Å²) in [5.41, 5.74) is 9.04. The Morgan fingerprint density at radius 1 is 0.520 bits per heavy atom. The minimum Gasteiger partial charge on any atom is -0.309 e. The second kappa shape index (κ2) is 11.4. The fourth-order valence-electron chi connectivity index (χ4n) is 7.97. The van der Waals surface area contributed by atoms with Crippen LogP contribution in [0, 0.1) is 0 Å². The molecule has 0 radical (unpaired) electrons. The van der Waals surface area contributed by atoms with Crippen LogP contribution in [0.4, 0.5) is 0 Å². The molecule has 0 amide bonds. The van der Waals surface area contributed by atoms with Crippen LogP contribution in [-0.2, 0) is 0 Å². The normalized spacial score (nSPS) is 14.1. The number of aromatic nitrogens is 4. The van der Waals surface area contributed by atoms with Gasteiger partial charge in [0.1, 0.15) is 0 Å². The second-order valence-corrected chi connectivity index (χ2v) is 13.2. The fourth-order valence-corrected chi connectivity index (χ4v) is 7.97. The molecule has 1 unspecified atom stereocenters. The Balaban J connectivity index is 1.27. The molecule has 2 aromatic heterocycles. The van der Waals surface area contributed by atoms with E-state index in [4.69, 9.17) is 15.0 Å². The number of nitrogens with zero attached hydrogens (tertiary/aromatic N) is 4. The molecule has 0 fully saturated rings. The molecule has 0 aliphatic heterocycles. The first-order valence-electron chi connectivity index (χ1n) is 17.3. The zero-order valence-corrected chi connectivity index (χ0v) is 27.6. The summed E-state index contributed by atoms with van der Waals surface area (Å²) >= 11 is 0. The lowest BCUT2D eigenvalue weighted by atomic mass is 9.83. The first-order chi connectivity index (χ1) is 24.7. The highest BCUT2D eigenvalue weighted by molar-refractivity contribution is 6.28. The van der Waals surface area contributed by atoms with Gasteiger partial charge in [0, 0.05) is 33.0 Å². The van der Waals surface area contributed by atoms with E-state index in [1.165, 1.54) is 54.5 Å². The van der Waals surface area contributed by atoms with Crippen LogP contribution in [0.2, 0.25) is 0 Å². The van der Waals surface area contributed by atoms with Gasteiger partial charge in [-0.15, -0.1) is 0 Å². The standard InChI is InChI=1S/C46H32N4/c1-29-13-12-22-36-38(50-39-26-23-30-14-8-10-20-34(30)42(39)43-35-21-11-9-15-31(35)24-27-40(43)50)28-25-37(41(29)36)46-48-44(32-16-4-2-5-17-32)47-45(49-46)33-18-6-3-7-19-33/h2-12,14-29H,13H2,1H3. The SMILES string of the molecule is CC1CC=Cc2c(-n3c4ccc5ccccc5c4c4c5ccccc5ccc43)ccc(-c3nc(-c4ccccc4)nc(-c4ccccc4)n3)c21. The number of hydrogen-bond acceptors (Lipinski definition) is 3. The van der Waals surface area contributed by atoms with E-state index in [-0.39, 0.29) is 5.92 Å². The molecule has 10 rings (SSSR count). The number of hydrogen-bond donors (Lipinski definition) is 0. The van der Waals surface area contributed by atoms with E-state index in [1.54, 1.807) is 0 Å². The van der Waals surface area contributed by atoms with Crippen LogP contribution < -0.4 is 0 Å². The minimum atomic E-state index is 0.275. The van der Waals surface area contributed by atoms with Gasteiger partial charge >= 0.3 is 0 Å². The van der Waals surface area contributed by atoms with Gasteiger partial charge < -0.3 is 4.57 Å². The number of allylic oxidation sites excluding steroid dienone is 1. The maximum Gasteiger partial charge on any atom is 0.164 e. The summed E-state index contributed by atoms with van der Waals surface area (Å²) in [6.07, 6.45) is 5.58. The van der Waals surface area contributed by atoms with Gasteiger partial charge in [-0.1, -0.05) is 140 Å². The third-order valence-electron chi connectivity index (χ3n) is 10.3. The molecule has 1 aliphatic rings. The zero-order valence-electron chi connectivity index (χ0n) is 27.6. The average molecular weight is 641 g/mol. The molecule has 1 aliphatic carbocycles. The first-order valence-corrected chi connectivity index (χ1v) is 17.3. The minimum absolute atomic E-state index is 0.275. The van der Waals surface area contributed by atoms with Crippen molar-refractivity contribution in [2.45, 2.75) is 19.3 Å². The predicted octanol–water partition coefficient (Wildman–Crippen LogP) is 11.8. The first kappa shape index (κ1) is 28.6. The summed E-state index contributed by atoms with van der Waals surface area (Å²) in [4.78, 5) is 15.3. The van der Waals surface area contributed by atoms with Crippen LogP contribution in [0.15, 0.2) is 152 Å². The summed E-state index contributed by atoms with van der Waals surface area (Å²) in [6.45, 7) is 2.32. The highest BCUT2D eigenvalue weighted by Gasteiger charge is 2.26. The van der Waals surface area contributed by atoms with Crippen molar-refractivity contribution < 1.29 is 0 Å². The number of fused-ring (bicyclic) bond motifs is 8. The van der Waals surface area contributed by atoms with E-state index in [2.05, 4.69) is 133 Å². The Labute approximate surface area is 290 Å². The summed E-state index contributed by atoms with van der Waals surface area (Å²) in [5, 5.41) is 7.61. The van der Waals surface area contributed by atoms with Crippen LogP contribution in [-0.4, -0.2) is 19.5 Å². The van der Waals surface area contributed by atoms with Crippen LogP contribution in [0.1, 0.15) is 30.4 Å². The van der Waals surface area contributed by atoms with Crippen molar-refractivity contribution in [3.05, 3.63) is 163 Å². The lowest BCUT2D eigenvalue weighted by molar-refractivity contribution is 0.770. The second-order valence-electron chi connectivity index (χ2n) is 13.2. The molecule has 7 aromatic carbocycles. The van der Waals surface area contributed by atoms with Crippen LogP contribution >= 0.6 is 0 Å². The average Bonchev–Trinajstić information content (AvgIpc) is 3.53. The van der Waals surface area contributed by atoms with Crippen LogP contribution in [0.5, 0.6) is 0 Å². The van der Waals surface area contributed by atoms with Crippen LogP contribution in [0.3, 0.4) is 0 Å². The third-order valence-corrected chi connectivity index (χ3v) is 10.3. The lowest BCUT2D eigenvalue weighted by Gasteiger charge is -2.25. The van der Waals surface area contributed by atoms with Gasteiger partial charge in [0.15, 0.2) is 17.5 Å². The summed E-state index contributed by atoms with van der Waals surface area (Å²) < 4.78 is 2.48. The molecular formula is C46H32N4. The predicted molar refractivity (Wildman–Crippen MR) is 208 cm³/mol. The van der Waals surface area contributed by atoms with Gasteiger partial charge in [0.25, 0.3) is 0 Å². The Hall–Kier alpha value is -6.39. The largest absolute Gasteiger partial charge is 0.309 e. The molecule has 9 aromatic rings. The topological polar surface area (TPSA) is 43.6 Å². The zero-order chi connectivity index (χ0) is 33.2.